The fraction of sp³-hybridized carbons (Fsp3) is 0.200. The van der Waals surface area contributed by atoms with Gasteiger partial charge in [0.05, 0.1) is 12.2 Å². The maximum absolute atomic E-state index is 12.2. The first-order chi connectivity index (χ1) is 11.4. The quantitative estimate of drug-likeness (QED) is 0.511. The first-order valence-corrected chi connectivity index (χ1v) is 7.72. The van der Waals surface area contributed by atoms with Crippen molar-refractivity contribution in [1.82, 2.24) is 0 Å². The lowest BCUT2D eigenvalue weighted by atomic mass is 10.0. The topological polar surface area (TPSA) is 63.6 Å². The van der Waals surface area contributed by atoms with E-state index in [4.69, 9.17) is 4.74 Å². The summed E-state index contributed by atoms with van der Waals surface area (Å²) in [5.74, 6) is -0.288. The highest BCUT2D eigenvalue weighted by molar-refractivity contribution is 6.07. The summed E-state index contributed by atoms with van der Waals surface area (Å²) < 4.78 is 4.91. The molecule has 0 fully saturated rings. The van der Waals surface area contributed by atoms with Crippen molar-refractivity contribution in [3.8, 4) is 5.75 Å². The van der Waals surface area contributed by atoms with Gasteiger partial charge in [0.1, 0.15) is 5.75 Å². The van der Waals surface area contributed by atoms with Crippen LogP contribution < -0.4 is 0 Å². The first-order valence-electron chi connectivity index (χ1n) is 7.72. The largest absolute Gasteiger partial charge is 0.507 e. The Morgan fingerprint density at radius 1 is 1.04 bits per heavy atom. The third kappa shape index (κ3) is 4.10. The lowest BCUT2D eigenvalue weighted by molar-refractivity contribution is 0.0526. The van der Waals surface area contributed by atoms with Crippen LogP contribution in [0.4, 0.5) is 0 Å². The molecule has 2 rings (SSSR count). The van der Waals surface area contributed by atoms with Crippen LogP contribution in [0.3, 0.4) is 0 Å². The molecule has 4 heteroatoms. The number of carbonyl (C=O) groups excluding carboxylic acids is 2. The summed E-state index contributed by atoms with van der Waals surface area (Å²) in [6, 6.07) is 9.99. The maximum atomic E-state index is 12.2. The number of allylic oxidation sites excluding steroid dienone is 1. The van der Waals surface area contributed by atoms with E-state index >= 15 is 0 Å². The molecule has 2 aromatic rings. The van der Waals surface area contributed by atoms with E-state index in [9.17, 15) is 14.7 Å². The molecule has 0 aliphatic rings. The zero-order chi connectivity index (χ0) is 17.7. The minimum absolute atomic E-state index is 0.159. The Bertz CT molecular complexity index is 763. The van der Waals surface area contributed by atoms with Crippen molar-refractivity contribution in [2.75, 3.05) is 6.61 Å². The molecule has 0 radical (unpaired) electrons. The minimum Gasteiger partial charge on any atom is -0.507 e. The molecule has 2 aromatic carbocycles. The molecule has 0 saturated heterocycles. The Morgan fingerprint density at radius 2 is 1.58 bits per heavy atom. The van der Waals surface area contributed by atoms with E-state index in [-0.39, 0.29) is 11.5 Å². The van der Waals surface area contributed by atoms with Crippen molar-refractivity contribution in [2.45, 2.75) is 20.8 Å². The molecule has 0 unspecified atom stereocenters. The Balaban J connectivity index is 2.13. The number of phenols is 1. The highest BCUT2D eigenvalue weighted by Crippen LogP contribution is 2.23. The molecule has 0 aliphatic heterocycles. The van der Waals surface area contributed by atoms with Crippen molar-refractivity contribution >= 4 is 17.8 Å². The fourth-order valence-corrected chi connectivity index (χ4v) is 2.34. The van der Waals surface area contributed by atoms with E-state index in [1.54, 1.807) is 37.3 Å². The van der Waals surface area contributed by atoms with Gasteiger partial charge in [-0.05, 0) is 67.8 Å². The molecule has 0 heterocycles. The van der Waals surface area contributed by atoms with Gasteiger partial charge in [0.25, 0.3) is 0 Å². The Morgan fingerprint density at radius 3 is 2.12 bits per heavy atom. The van der Waals surface area contributed by atoms with Gasteiger partial charge in [-0.1, -0.05) is 18.2 Å². The predicted octanol–water partition coefficient (Wildman–Crippen LogP) is 4.08. The third-order valence-corrected chi connectivity index (χ3v) is 3.62. The summed E-state index contributed by atoms with van der Waals surface area (Å²) in [6.07, 6.45) is 3.19. The number of phenolic OH excluding ortho intramolecular Hbond substituents is 1. The second-order valence-electron chi connectivity index (χ2n) is 5.50. The summed E-state index contributed by atoms with van der Waals surface area (Å²) in [4.78, 5) is 23.8. The number of rotatable bonds is 5. The number of ketones is 1. The molecule has 0 aromatic heterocycles. The zero-order valence-corrected chi connectivity index (χ0v) is 14.0. The van der Waals surface area contributed by atoms with Gasteiger partial charge in [-0.15, -0.1) is 0 Å². The van der Waals surface area contributed by atoms with Crippen LogP contribution in [-0.2, 0) is 4.74 Å². The molecular weight excluding hydrogens is 304 g/mol. The maximum Gasteiger partial charge on any atom is 0.338 e. The molecule has 4 nitrogen and oxygen atoms in total. The minimum atomic E-state index is -0.401. The van der Waals surface area contributed by atoms with Gasteiger partial charge in [-0.3, -0.25) is 4.79 Å². The highest BCUT2D eigenvalue weighted by atomic mass is 16.5. The molecule has 1 N–H and O–H groups in total. The van der Waals surface area contributed by atoms with Gasteiger partial charge in [0.2, 0.25) is 0 Å². The average molecular weight is 324 g/mol. The molecule has 24 heavy (non-hydrogen) atoms. The van der Waals surface area contributed by atoms with Crippen molar-refractivity contribution < 1.29 is 19.4 Å². The van der Waals surface area contributed by atoms with E-state index in [0.29, 0.717) is 17.7 Å². The number of ether oxygens (including phenoxy) is 1. The Hall–Kier alpha value is -2.88. The van der Waals surface area contributed by atoms with Crippen LogP contribution in [-0.4, -0.2) is 23.5 Å². The van der Waals surface area contributed by atoms with Crippen LogP contribution in [0.2, 0.25) is 0 Å². The molecule has 0 aliphatic carbocycles. The summed E-state index contributed by atoms with van der Waals surface area (Å²) in [5.41, 5.74) is 3.29. The average Bonchev–Trinajstić information content (AvgIpc) is 2.57. The van der Waals surface area contributed by atoms with Crippen LogP contribution in [0, 0.1) is 13.8 Å². The molecule has 124 valence electrons. The molecular formula is C20H20O4. The molecule has 0 amide bonds. The van der Waals surface area contributed by atoms with Crippen LogP contribution in [0.1, 0.15) is 44.3 Å². The number of carbonyl (C=O) groups is 2. The Kier molecular flexibility index (Phi) is 5.53. The summed E-state index contributed by atoms with van der Waals surface area (Å²) in [7, 11) is 0. The van der Waals surface area contributed by atoms with Gasteiger partial charge in [0.15, 0.2) is 5.78 Å². The molecule has 0 bridgehead atoms. The summed E-state index contributed by atoms with van der Waals surface area (Å²) in [6.45, 7) is 5.69. The number of hydrogen-bond acceptors (Lipinski definition) is 4. The monoisotopic (exact) mass is 324 g/mol. The number of aromatic hydroxyl groups is 1. The first kappa shape index (κ1) is 17.5. The van der Waals surface area contributed by atoms with Crippen molar-refractivity contribution in [3.05, 3.63) is 70.3 Å². The number of benzene rings is 2. The van der Waals surface area contributed by atoms with Crippen molar-refractivity contribution in [2.24, 2.45) is 0 Å². The third-order valence-electron chi connectivity index (χ3n) is 3.62. The van der Waals surface area contributed by atoms with Crippen LogP contribution >= 0.6 is 0 Å². The van der Waals surface area contributed by atoms with E-state index < -0.39 is 5.97 Å². The smallest absolute Gasteiger partial charge is 0.338 e. The lowest BCUT2D eigenvalue weighted by Crippen LogP contribution is -2.05. The lowest BCUT2D eigenvalue weighted by Gasteiger charge is -2.05. The second-order valence-corrected chi connectivity index (χ2v) is 5.50. The van der Waals surface area contributed by atoms with Gasteiger partial charge in [-0.25, -0.2) is 4.79 Å². The summed E-state index contributed by atoms with van der Waals surface area (Å²) in [5, 5.41) is 9.77. The van der Waals surface area contributed by atoms with Crippen LogP contribution in [0.5, 0.6) is 5.75 Å². The normalized spacial score (nSPS) is 10.8. The predicted molar refractivity (Wildman–Crippen MR) is 93.3 cm³/mol. The van der Waals surface area contributed by atoms with Crippen molar-refractivity contribution in [1.29, 1.82) is 0 Å². The number of hydrogen-bond donors (Lipinski definition) is 1. The van der Waals surface area contributed by atoms with Gasteiger partial charge in [-0.2, -0.15) is 0 Å². The summed E-state index contributed by atoms with van der Waals surface area (Å²) >= 11 is 0. The second kappa shape index (κ2) is 7.59. The highest BCUT2D eigenvalue weighted by Gasteiger charge is 2.08. The van der Waals surface area contributed by atoms with Gasteiger partial charge >= 0.3 is 5.97 Å². The molecule has 0 saturated carbocycles. The van der Waals surface area contributed by atoms with E-state index in [2.05, 4.69) is 0 Å². The Labute approximate surface area is 141 Å². The van der Waals surface area contributed by atoms with E-state index in [1.165, 1.54) is 6.08 Å². The molecule has 0 spiro atoms. The number of esters is 1. The fourth-order valence-electron chi connectivity index (χ4n) is 2.34. The van der Waals surface area contributed by atoms with Gasteiger partial charge < -0.3 is 9.84 Å². The SMILES string of the molecule is CCOC(=O)c1ccc(C(=O)/C=C/c2cc(C)c(O)c(C)c2)cc1. The van der Waals surface area contributed by atoms with Crippen LogP contribution in [0.15, 0.2) is 42.5 Å². The van der Waals surface area contributed by atoms with E-state index in [1.807, 2.05) is 26.0 Å². The molecule has 0 atom stereocenters. The standard InChI is InChI=1S/C20H20O4/c1-4-24-20(23)17-8-6-16(7-9-17)18(21)10-5-15-11-13(2)19(22)14(3)12-15/h5-12,22H,4H2,1-3H3/b10-5+. The van der Waals surface area contributed by atoms with Crippen LogP contribution in [0.25, 0.3) is 6.08 Å². The van der Waals surface area contributed by atoms with Crippen molar-refractivity contribution in [3.63, 3.8) is 0 Å². The van der Waals surface area contributed by atoms with E-state index in [0.717, 1.165) is 16.7 Å². The van der Waals surface area contributed by atoms with Gasteiger partial charge in [0, 0.05) is 5.56 Å². The number of aryl methyl sites for hydroxylation is 2. The zero-order valence-electron chi connectivity index (χ0n) is 14.0.